The summed E-state index contributed by atoms with van der Waals surface area (Å²) >= 11 is 0. The van der Waals surface area contributed by atoms with Gasteiger partial charge in [-0.15, -0.1) is 0 Å². The molecule has 0 aromatic carbocycles. The number of ketones is 1. The summed E-state index contributed by atoms with van der Waals surface area (Å²) in [6, 6.07) is 0. The third-order valence-electron chi connectivity index (χ3n) is 11.1. The largest absolute Gasteiger partial charge is 0.469 e. The molecule has 0 aromatic rings. The van der Waals surface area contributed by atoms with Crippen molar-refractivity contribution in [1.82, 2.24) is 0 Å². The number of carbonyl (C=O) groups excluding carboxylic acids is 3. The molecular weight excluding hydrogens is 400 g/mol. The van der Waals surface area contributed by atoms with Crippen LogP contribution in [0.25, 0.3) is 0 Å². The molecule has 3 saturated heterocycles. The minimum Gasteiger partial charge on any atom is -0.469 e. The van der Waals surface area contributed by atoms with Crippen molar-refractivity contribution in [2.24, 2.45) is 34.5 Å². The molecule has 4 aliphatic carbocycles. The third-order valence-corrected chi connectivity index (χ3v) is 11.1. The van der Waals surface area contributed by atoms with Crippen LogP contribution in [-0.4, -0.2) is 54.3 Å². The maximum Gasteiger partial charge on any atom is 0.309 e. The van der Waals surface area contributed by atoms with Crippen LogP contribution in [0.2, 0.25) is 0 Å². The Morgan fingerprint density at radius 1 is 1.13 bits per heavy atom. The Labute approximate surface area is 181 Å². The number of rotatable bonds is 1. The molecule has 7 aliphatic rings. The van der Waals surface area contributed by atoms with Gasteiger partial charge in [-0.05, 0) is 49.9 Å². The Morgan fingerprint density at radius 2 is 1.94 bits per heavy atom. The Kier molecular flexibility index (Phi) is 3.29. The van der Waals surface area contributed by atoms with Crippen molar-refractivity contribution in [3.8, 4) is 0 Å². The molecule has 0 aromatic heterocycles. The lowest BCUT2D eigenvalue weighted by Crippen LogP contribution is -2.66. The molecule has 7 heteroatoms. The van der Waals surface area contributed by atoms with E-state index in [2.05, 4.69) is 13.8 Å². The SMILES string of the molecule is COC(=O)[C@@H]1C[C@@]23O[C@@H]2C(=O)CC[C@]3(C)C2C1C1CC[C@@]3(CCC(=O)O3)[C@@]1(C)[C@H]1O[C@@H]21. The van der Waals surface area contributed by atoms with Gasteiger partial charge in [-0.25, -0.2) is 0 Å². The molecule has 0 amide bonds. The molecule has 2 spiro atoms. The zero-order valence-corrected chi connectivity index (χ0v) is 18.3. The molecule has 0 radical (unpaired) electrons. The van der Waals surface area contributed by atoms with Gasteiger partial charge in [-0.1, -0.05) is 13.8 Å². The van der Waals surface area contributed by atoms with Gasteiger partial charge in [0.25, 0.3) is 0 Å². The van der Waals surface area contributed by atoms with Gasteiger partial charge in [0.05, 0.1) is 25.2 Å². The Balaban J connectivity index is 1.36. The van der Waals surface area contributed by atoms with E-state index >= 15 is 0 Å². The molecule has 7 nitrogen and oxygen atoms in total. The minimum absolute atomic E-state index is 0.0212. The highest BCUT2D eigenvalue weighted by atomic mass is 16.6. The number of hydrogen-bond donors (Lipinski definition) is 0. The first kappa shape index (κ1) is 19.0. The molecule has 168 valence electrons. The van der Waals surface area contributed by atoms with E-state index in [4.69, 9.17) is 18.9 Å². The molecule has 31 heavy (non-hydrogen) atoms. The van der Waals surface area contributed by atoms with Gasteiger partial charge in [0.1, 0.15) is 17.3 Å². The molecule has 4 saturated carbocycles. The number of epoxide rings is 2. The van der Waals surface area contributed by atoms with E-state index in [9.17, 15) is 14.4 Å². The van der Waals surface area contributed by atoms with Gasteiger partial charge >= 0.3 is 11.9 Å². The van der Waals surface area contributed by atoms with Crippen LogP contribution in [-0.2, 0) is 33.3 Å². The summed E-state index contributed by atoms with van der Waals surface area (Å²) in [7, 11) is 1.45. The lowest BCUT2D eigenvalue weighted by Gasteiger charge is -2.59. The molecule has 0 bridgehead atoms. The second-order valence-corrected chi connectivity index (χ2v) is 11.6. The first-order valence-corrected chi connectivity index (χ1v) is 11.9. The molecule has 3 aliphatic heterocycles. The van der Waals surface area contributed by atoms with E-state index < -0.39 is 11.2 Å². The molecule has 11 atom stereocenters. The summed E-state index contributed by atoms with van der Waals surface area (Å²) in [6.07, 6.45) is 4.52. The summed E-state index contributed by atoms with van der Waals surface area (Å²) in [5.74, 6) is 0.00392. The standard InChI is InChI=1S/C24H30O7/c1-21-7-5-13(25)18-24(21,31-18)10-11(20(27)28-3)15-12-4-8-23(9-6-14(26)30-23)22(12,2)19-17(29-19)16(15)21/h11-12,15-19H,4-10H2,1-3H3/t11-,12?,15?,16?,17+,18-,19+,21-,22-,23-,24-/m1/s1. The van der Waals surface area contributed by atoms with Crippen molar-refractivity contribution in [2.45, 2.75) is 88.3 Å². The van der Waals surface area contributed by atoms with E-state index in [1.165, 1.54) is 7.11 Å². The Hall–Kier alpha value is -1.47. The van der Waals surface area contributed by atoms with Crippen LogP contribution in [0.15, 0.2) is 0 Å². The summed E-state index contributed by atoms with van der Waals surface area (Å²) in [4.78, 5) is 37.8. The summed E-state index contributed by atoms with van der Waals surface area (Å²) < 4.78 is 24.0. The predicted octanol–water partition coefficient (Wildman–Crippen LogP) is 2.19. The number of hydrogen-bond acceptors (Lipinski definition) is 7. The normalized spacial score (nSPS) is 60.3. The van der Waals surface area contributed by atoms with Gasteiger partial charge in [0, 0.05) is 23.7 Å². The van der Waals surface area contributed by atoms with Crippen LogP contribution in [0.5, 0.6) is 0 Å². The van der Waals surface area contributed by atoms with Crippen LogP contribution in [0.4, 0.5) is 0 Å². The minimum atomic E-state index is -0.553. The van der Waals surface area contributed by atoms with Gasteiger partial charge in [-0.3, -0.25) is 14.4 Å². The Morgan fingerprint density at radius 3 is 2.65 bits per heavy atom. The monoisotopic (exact) mass is 430 g/mol. The number of Topliss-reactive ketones (excluding diaryl/α,β-unsaturated/α-hetero) is 1. The van der Waals surface area contributed by atoms with E-state index in [0.717, 1.165) is 25.7 Å². The molecule has 7 fully saturated rings. The fourth-order valence-electron chi connectivity index (χ4n) is 9.56. The maximum atomic E-state index is 13.1. The highest BCUT2D eigenvalue weighted by Gasteiger charge is 2.85. The summed E-state index contributed by atoms with van der Waals surface area (Å²) in [5, 5.41) is 0. The number of esters is 2. The fourth-order valence-corrected chi connectivity index (χ4v) is 9.56. The molecular formula is C24H30O7. The van der Waals surface area contributed by atoms with Crippen LogP contribution < -0.4 is 0 Å². The van der Waals surface area contributed by atoms with E-state index in [-0.39, 0.29) is 70.5 Å². The van der Waals surface area contributed by atoms with Gasteiger partial charge < -0.3 is 18.9 Å². The van der Waals surface area contributed by atoms with Crippen molar-refractivity contribution in [3.63, 3.8) is 0 Å². The second kappa shape index (κ2) is 5.36. The van der Waals surface area contributed by atoms with E-state index in [0.29, 0.717) is 19.3 Å². The lowest BCUT2D eigenvalue weighted by atomic mass is 9.42. The molecule has 7 rings (SSSR count). The average molecular weight is 430 g/mol. The first-order chi connectivity index (χ1) is 14.7. The number of methoxy groups -OCH3 is 1. The third kappa shape index (κ3) is 1.87. The predicted molar refractivity (Wildman–Crippen MR) is 105 cm³/mol. The number of carbonyl (C=O) groups is 3. The molecule has 3 unspecified atom stereocenters. The van der Waals surface area contributed by atoms with Crippen LogP contribution >= 0.6 is 0 Å². The highest BCUT2D eigenvalue weighted by molar-refractivity contribution is 5.89. The second-order valence-electron chi connectivity index (χ2n) is 11.6. The van der Waals surface area contributed by atoms with Crippen LogP contribution in [0, 0.1) is 34.5 Å². The number of ether oxygens (including phenoxy) is 4. The van der Waals surface area contributed by atoms with Crippen molar-refractivity contribution in [3.05, 3.63) is 0 Å². The summed E-state index contributed by atoms with van der Waals surface area (Å²) in [5.41, 5.74) is -1.50. The van der Waals surface area contributed by atoms with Crippen molar-refractivity contribution in [2.75, 3.05) is 7.11 Å². The summed E-state index contributed by atoms with van der Waals surface area (Å²) in [6.45, 7) is 4.51. The molecule has 3 heterocycles. The quantitative estimate of drug-likeness (QED) is 0.465. The van der Waals surface area contributed by atoms with Crippen LogP contribution in [0.1, 0.15) is 58.8 Å². The maximum absolute atomic E-state index is 13.1. The number of fused-ring (bicyclic) bond motifs is 8. The van der Waals surface area contributed by atoms with Crippen molar-refractivity contribution >= 4 is 17.7 Å². The Bertz CT molecular complexity index is 931. The highest BCUT2D eigenvalue weighted by Crippen LogP contribution is 2.78. The van der Waals surface area contributed by atoms with E-state index in [1.807, 2.05) is 0 Å². The zero-order valence-electron chi connectivity index (χ0n) is 18.3. The first-order valence-electron chi connectivity index (χ1n) is 11.9. The van der Waals surface area contributed by atoms with Gasteiger partial charge in [0.15, 0.2) is 5.78 Å². The van der Waals surface area contributed by atoms with Crippen molar-refractivity contribution in [1.29, 1.82) is 0 Å². The topological polar surface area (TPSA) is 94.7 Å². The average Bonchev–Trinajstić information content (AvgIpc) is 3.63. The lowest BCUT2D eigenvalue weighted by molar-refractivity contribution is -0.184. The van der Waals surface area contributed by atoms with Crippen molar-refractivity contribution < 1.29 is 33.3 Å². The van der Waals surface area contributed by atoms with Gasteiger partial charge in [-0.2, -0.15) is 0 Å². The van der Waals surface area contributed by atoms with Crippen LogP contribution in [0.3, 0.4) is 0 Å². The van der Waals surface area contributed by atoms with Gasteiger partial charge in [0.2, 0.25) is 0 Å². The zero-order chi connectivity index (χ0) is 21.6. The smallest absolute Gasteiger partial charge is 0.309 e. The fraction of sp³-hybridized carbons (Fsp3) is 0.875. The molecule has 0 N–H and O–H groups in total. The van der Waals surface area contributed by atoms with E-state index in [1.54, 1.807) is 0 Å².